The SMILES string of the molecule is CCCCCCCCC(=O)Nc1ccccc1C(N)=O. The molecule has 0 aliphatic heterocycles. The fourth-order valence-corrected chi connectivity index (χ4v) is 2.09. The lowest BCUT2D eigenvalue weighted by atomic mass is 10.1. The molecule has 1 aromatic carbocycles. The maximum atomic E-state index is 11.8. The summed E-state index contributed by atoms with van der Waals surface area (Å²) in [6.07, 6.45) is 7.35. The summed E-state index contributed by atoms with van der Waals surface area (Å²) in [5.74, 6) is -0.588. The van der Waals surface area contributed by atoms with Crippen LogP contribution in [-0.4, -0.2) is 11.8 Å². The molecule has 110 valence electrons. The number of carbonyl (C=O) groups is 2. The number of hydrogen-bond acceptors (Lipinski definition) is 2. The van der Waals surface area contributed by atoms with Crippen LogP contribution in [0.25, 0.3) is 0 Å². The fourth-order valence-electron chi connectivity index (χ4n) is 2.09. The van der Waals surface area contributed by atoms with Gasteiger partial charge in [0.1, 0.15) is 0 Å². The molecule has 0 saturated carbocycles. The Morgan fingerprint density at radius 3 is 2.40 bits per heavy atom. The highest BCUT2D eigenvalue weighted by Gasteiger charge is 2.09. The van der Waals surface area contributed by atoms with Crippen LogP contribution in [0.2, 0.25) is 0 Å². The fraction of sp³-hybridized carbons (Fsp3) is 0.500. The van der Waals surface area contributed by atoms with Crippen LogP contribution in [0, 0.1) is 0 Å². The molecule has 0 heterocycles. The van der Waals surface area contributed by atoms with Crippen molar-refractivity contribution < 1.29 is 9.59 Å². The van der Waals surface area contributed by atoms with Crippen molar-refractivity contribution in [1.82, 2.24) is 0 Å². The molecule has 1 rings (SSSR count). The van der Waals surface area contributed by atoms with E-state index in [0.29, 0.717) is 17.7 Å². The van der Waals surface area contributed by atoms with E-state index in [4.69, 9.17) is 5.73 Å². The van der Waals surface area contributed by atoms with Crippen molar-refractivity contribution >= 4 is 17.5 Å². The summed E-state index contributed by atoms with van der Waals surface area (Å²) >= 11 is 0. The number of nitrogens with two attached hydrogens (primary N) is 1. The molecule has 2 amide bonds. The zero-order chi connectivity index (χ0) is 14.8. The number of primary amides is 1. The van der Waals surface area contributed by atoms with Crippen LogP contribution < -0.4 is 11.1 Å². The van der Waals surface area contributed by atoms with E-state index < -0.39 is 5.91 Å². The molecule has 0 aliphatic carbocycles. The number of hydrogen-bond donors (Lipinski definition) is 2. The van der Waals surface area contributed by atoms with Gasteiger partial charge in [0, 0.05) is 6.42 Å². The summed E-state index contributed by atoms with van der Waals surface area (Å²) < 4.78 is 0. The zero-order valence-electron chi connectivity index (χ0n) is 12.2. The predicted molar refractivity (Wildman–Crippen MR) is 81.6 cm³/mol. The molecule has 0 unspecified atom stereocenters. The Bertz CT molecular complexity index is 444. The molecule has 4 heteroatoms. The minimum absolute atomic E-state index is 0.0609. The molecule has 0 atom stereocenters. The van der Waals surface area contributed by atoms with Crippen molar-refractivity contribution in [1.29, 1.82) is 0 Å². The average Bonchev–Trinajstić information content (AvgIpc) is 2.43. The first-order valence-corrected chi connectivity index (χ1v) is 7.33. The predicted octanol–water partition coefficient (Wildman–Crippen LogP) is 3.47. The van der Waals surface area contributed by atoms with E-state index in [1.807, 2.05) is 0 Å². The minimum Gasteiger partial charge on any atom is -0.366 e. The Kier molecular flexibility index (Phi) is 7.40. The van der Waals surface area contributed by atoms with E-state index in [0.717, 1.165) is 12.8 Å². The first-order chi connectivity index (χ1) is 9.65. The van der Waals surface area contributed by atoms with Crippen LogP contribution in [0.5, 0.6) is 0 Å². The van der Waals surface area contributed by atoms with Gasteiger partial charge in [-0.3, -0.25) is 9.59 Å². The van der Waals surface area contributed by atoms with Gasteiger partial charge in [-0.2, -0.15) is 0 Å². The quantitative estimate of drug-likeness (QED) is 0.678. The molecule has 20 heavy (non-hydrogen) atoms. The summed E-state index contributed by atoms with van der Waals surface area (Å²) in [7, 11) is 0. The molecule has 0 spiro atoms. The van der Waals surface area contributed by atoms with Crippen molar-refractivity contribution in [3.8, 4) is 0 Å². The third-order valence-electron chi connectivity index (χ3n) is 3.22. The second-order valence-electron chi connectivity index (χ2n) is 4.98. The second kappa shape index (κ2) is 9.13. The van der Waals surface area contributed by atoms with Gasteiger partial charge in [0.2, 0.25) is 5.91 Å². The van der Waals surface area contributed by atoms with Gasteiger partial charge in [-0.15, -0.1) is 0 Å². The van der Waals surface area contributed by atoms with Crippen molar-refractivity contribution in [2.75, 3.05) is 5.32 Å². The molecule has 0 aromatic heterocycles. The Morgan fingerprint density at radius 2 is 1.70 bits per heavy atom. The van der Waals surface area contributed by atoms with Crippen molar-refractivity contribution in [3.63, 3.8) is 0 Å². The number of carbonyl (C=O) groups excluding carboxylic acids is 2. The zero-order valence-corrected chi connectivity index (χ0v) is 12.2. The van der Waals surface area contributed by atoms with Crippen LogP contribution in [-0.2, 0) is 4.79 Å². The summed E-state index contributed by atoms with van der Waals surface area (Å²) in [6, 6.07) is 6.80. The third kappa shape index (κ3) is 5.87. The van der Waals surface area contributed by atoms with Crippen LogP contribution in [0.15, 0.2) is 24.3 Å². The van der Waals surface area contributed by atoms with Crippen LogP contribution in [0.1, 0.15) is 62.2 Å². The van der Waals surface area contributed by atoms with Gasteiger partial charge in [0.05, 0.1) is 11.3 Å². The first kappa shape index (κ1) is 16.2. The Hall–Kier alpha value is -1.84. The summed E-state index contributed by atoms with van der Waals surface area (Å²) in [6.45, 7) is 2.18. The third-order valence-corrected chi connectivity index (χ3v) is 3.22. The van der Waals surface area contributed by atoms with Gasteiger partial charge in [0.25, 0.3) is 5.91 Å². The number of para-hydroxylation sites is 1. The number of nitrogens with one attached hydrogen (secondary N) is 1. The second-order valence-corrected chi connectivity index (χ2v) is 4.98. The number of unbranched alkanes of at least 4 members (excludes halogenated alkanes) is 5. The van der Waals surface area contributed by atoms with Gasteiger partial charge < -0.3 is 11.1 Å². The van der Waals surface area contributed by atoms with Gasteiger partial charge >= 0.3 is 0 Å². The summed E-state index contributed by atoms with van der Waals surface area (Å²) in [5.41, 5.74) is 6.12. The minimum atomic E-state index is -0.527. The normalized spacial score (nSPS) is 10.2. The van der Waals surface area contributed by atoms with E-state index in [1.165, 1.54) is 25.7 Å². The van der Waals surface area contributed by atoms with Crippen molar-refractivity contribution in [2.45, 2.75) is 51.9 Å². The Balaban J connectivity index is 2.34. The first-order valence-electron chi connectivity index (χ1n) is 7.33. The van der Waals surface area contributed by atoms with E-state index in [9.17, 15) is 9.59 Å². The number of benzene rings is 1. The molecule has 0 fully saturated rings. The lowest BCUT2D eigenvalue weighted by Crippen LogP contribution is -2.17. The highest BCUT2D eigenvalue weighted by atomic mass is 16.2. The van der Waals surface area contributed by atoms with Crippen LogP contribution in [0.3, 0.4) is 0 Å². The highest BCUT2D eigenvalue weighted by molar-refractivity contribution is 6.02. The van der Waals surface area contributed by atoms with Crippen molar-refractivity contribution in [2.24, 2.45) is 5.73 Å². The molecule has 1 aromatic rings. The molecule has 0 saturated heterocycles. The Labute approximate surface area is 120 Å². The molecular formula is C16H24N2O2. The van der Waals surface area contributed by atoms with Gasteiger partial charge in [-0.1, -0.05) is 51.2 Å². The molecular weight excluding hydrogens is 252 g/mol. The lowest BCUT2D eigenvalue weighted by Gasteiger charge is -2.08. The molecule has 3 N–H and O–H groups in total. The van der Waals surface area contributed by atoms with E-state index >= 15 is 0 Å². The maximum absolute atomic E-state index is 11.8. The maximum Gasteiger partial charge on any atom is 0.250 e. The topological polar surface area (TPSA) is 72.2 Å². The number of anilines is 1. The number of amides is 2. The smallest absolute Gasteiger partial charge is 0.250 e. The Morgan fingerprint density at radius 1 is 1.05 bits per heavy atom. The lowest BCUT2D eigenvalue weighted by molar-refractivity contribution is -0.116. The molecule has 4 nitrogen and oxygen atoms in total. The van der Waals surface area contributed by atoms with Crippen molar-refractivity contribution in [3.05, 3.63) is 29.8 Å². The van der Waals surface area contributed by atoms with Gasteiger partial charge in [-0.25, -0.2) is 0 Å². The molecule has 0 aliphatic rings. The molecule has 0 radical (unpaired) electrons. The average molecular weight is 276 g/mol. The number of rotatable bonds is 9. The summed E-state index contributed by atoms with van der Waals surface area (Å²) in [4.78, 5) is 23.0. The molecule has 0 bridgehead atoms. The summed E-state index contributed by atoms with van der Waals surface area (Å²) in [5, 5.41) is 2.75. The standard InChI is InChI=1S/C16H24N2O2/c1-2-3-4-5-6-7-12-15(19)18-14-11-9-8-10-13(14)16(17)20/h8-11H,2-7,12H2,1H3,(H2,17,20)(H,18,19). The van der Waals surface area contributed by atoms with E-state index in [-0.39, 0.29) is 5.91 Å². The van der Waals surface area contributed by atoms with E-state index in [2.05, 4.69) is 12.2 Å². The van der Waals surface area contributed by atoms with Gasteiger partial charge in [0.15, 0.2) is 0 Å². The van der Waals surface area contributed by atoms with Crippen LogP contribution >= 0.6 is 0 Å². The highest BCUT2D eigenvalue weighted by Crippen LogP contribution is 2.15. The van der Waals surface area contributed by atoms with E-state index in [1.54, 1.807) is 24.3 Å². The largest absolute Gasteiger partial charge is 0.366 e. The van der Waals surface area contributed by atoms with Crippen LogP contribution in [0.4, 0.5) is 5.69 Å². The monoisotopic (exact) mass is 276 g/mol. The van der Waals surface area contributed by atoms with Gasteiger partial charge in [-0.05, 0) is 18.6 Å².